The Kier molecular flexibility index (Phi) is 3.46. The standard InChI is InChI=1S/C13H16N4/c1-9-3-4-10(2)12(7-9)13(17-14)11-5-6-15-16-8-11/h3-8,13,17H,14H2,1-2H3. The number of nitrogens with two attached hydrogens (primary N) is 1. The molecule has 0 bridgehead atoms. The van der Waals surface area contributed by atoms with Crippen molar-refractivity contribution in [3.63, 3.8) is 0 Å². The number of hydrogen-bond donors (Lipinski definition) is 2. The Balaban J connectivity index is 2.46. The Hall–Kier alpha value is -1.78. The molecule has 1 aromatic heterocycles. The maximum Gasteiger partial charge on any atom is 0.0728 e. The highest BCUT2D eigenvalue weighted by atomic mass is 15.2. The topological polar surface area (TPSA) is 63.8 Å². The molecular formula is C13H16N4. The van der Waals surface area contributed by atoms with E-state index >= 15 is 0 Å². The molecule has 0 fully saturated rings. The van der Waals surface area contributed by atoms with Crippen molar-refractivity contribution in [1.29, 1.82) is 0 Å². The van der Waals surface area contributed by atoms with Crippen LogP contribution < -0.4 is 11.3 Å². The average molecular weight is 228 g/mol. The third kappa shape index (κ3) is 2.49. The summed E-state index contributed by atoms with van der Waals surface area (Å²) < 4.78 is 0. The second kappa shape index (κ2) is 5.03. The molecule has 0 saturated heterocycles. The van der Waals surface area contributed by atoms with Crippen molar-refractivity contribution in [2.75, 3.05) is 0 Å². The van der Waals surface area contributed by atoms with Crippen molar-refractivity contribution < 1.29 is 0 Å². The highest BCUT2D eigenvalue weighted by Gasteiger charge is 2.14. The van der Waals surface area contributed by atoms with Crippen LogP contribution in [-0.4, -0.2) is 10.2 Å². The van der Waals surface area contributed by atoms with Crippen LogP contribution in [0.1, 0.15) is 28.3 Å². The Morgan fingerprint density at radius 3 is 2.65 bits per heavy atom. The van der Waals surface area contributed by atoms with E-state index in [0.717, 1.165) is 5.56 Å². The Bertz CT molecular complexity index is 496. The van der Waals surface area contributed by atoms with Crippen LogP contribution in [0, 0.1) is 13.8 Å². The second-order valence-corrected chi connectivity index (χ2v) is 4.14. The van der Waals surface area contributed by atoms with Gasteiger partial charge in [-0.3, -0.25) is 5.84 Å². The fourth-order valence-electron chi connectivity index (χ4n) is 1.91. The minimum absolute atomic E-state index is 0.0506. The molecule has 17 heavy (non-hydrogen) atoms. The van der Waals surface area contributed by atoms with E-state index in [0.29, 0.717) is 0 Å². The molecule has 3 N–H and O–H groups in total. The van der Waals surface area contributed by atoms with Crippen LogP contribution in [0.2, 0.25) is 0 Å². The highest BCUT2D eigenvalue weighted by molar-refractivity contribution is 5.37. The van der Waals surface area contributed by atoms with E-state index in [1.807, 2.05) is 6.07 Å². The zero-order chi connectivity index (χ0) is 12.3. The van der Waals surface area contributed by atoms with Crippen LogP contribution in [0.4, 0.5) is 0 Å². The van der Waals surface area contributed by atoms with Crippen molar-refractivity contribution in [2.45, 2.75) is 19.9 Å². The van der Waals surface area contributed by atoms with E-state index < -0.39 is 0 Å². The largest absolute Gasteiger partial charge is 0.271 e. The van der Waals surface area contributed by atoms with Gasteiger partial charge in [0.15, 0.2) is 0 Å². The monoisotopic (exact) mass is 228 g/mol. The van der Waals surface area contributed by atoms with Crippen molar-refractivity contribution in [2.24, 2.45) is 5.84 Å². The predicted molar refractivity (Wildman–Crippen MR) is 67.1 cm³/mol. The Morgan fingerprint density at radius 1 is 1.18 bits per heavy atom. The molecule has 88 valence electrons. The Morgan fingerprint density at radius 2 is 2.00 bits per heavy atom. The van der Waals surface area contributed by atoms with Gasteiger partial charge in [-0.1, -0.05) is 23.8 Å². The van der Waals surface area contributed by atoms with E-state index in [2.05, 4.69) is 47.7 Å². The molecule has 4 heteroatoms. The molecule has 0 aliphatic rings. The van der Waals surface area contributed by atoms with Gasteiger partial charge in [-0.2, -0.15) is 10.2 Å². The quantitative estimate of drug-likeness (QED) is 0.619. The molecule has 1 unspecified atom stereocenters. The number of nitrogens with one attached hydrogen (secondary N) is 1. The normalized spacial score (nSPS) is 12.4. The number of hydrogen-bond acceptors (Lipinski definition) is 4. The van der Waals surface area contributed by atoms with Crippen LogP contribution in [-0.2, 0) is 0 Å². The molecule has 0 amide bonds. The van der Waals surface area contributed by atoms with Gasteiger partial charge in [0.05, 0.1) is 12.2 Å². The predicted octanol–water partition coefficient (Wildman–Crippen LogP) is 1.65. The van der Waals surface area contributed by atoms with Gasteiger partial charge >= 0.3 is 0 Å². The summed E-state index contributed by atoms with van der Waals surface area (Å²) in [6, 6.07) is 8.20. The SMILES string of the molecule is Cc1ccc(C)c(C(NN)c2ccnnc2)c1. The summed E-state index contributed by atoms with van der Waals surface area (Å²) in [5.74, 6) is 5.66. The Labute approximate surface area is 101 Å². The van der Waals surface area contributed by atoms with Gasteiger partial charge in [-0.15, -0.1) is 0 Å². The van der Waals surface area contributed by atoms with Crippen LogP contribution in [0.5, 0.6) is 0 Å². The van der Waals surface area contributed by atoms with E-state index in [9.17, 15) is 0 Å². The summed E-state index contributed by atoms with van der Waals surface area (Å²) in [4.78, 5) is 0. The smallest absolute Gasteiger partial charge is 0.0728 e. The number of nitrogens with zero attached hydrogens (tertiary/aromatic N) is 2. The summed E-state index contributed by atoms with van der Waals surface area (Å²) in [7, 11) is 0. The lowest BCUT2D eigenvalue weighted by Gasteiger charge is -2.19. The van der Waals surface area contributed by atoms with E-state index in [4.69, 9.17) is 5.84 Å². The average Bonchev–Trinajstić information content (AvgIpc) is 2.36. The summed E-state index contributed by atoms with van der Waals surface area (Å²) >= 11 is 0. The van der Waals surface area contributed by atoms with Gasteiger partial charge in [0, 0.05) is 6.20 Å². The molecule has 0 spiro atoms. The first-order valence-electron chi connectivity index (χ1n) is 5.52. The lowest BCUT2D eigenvalue weighted by molar-refractivity contribution is 0.628. The minimum atomic E-state index is -0.0506. The minimum Gasteiger partial charge on any atom is -0.271 e. The number of aryl methyl sites for hydroxylation is 2. The van der Waals surface area contributed by atoms with Crippen LogP contribution in [0.25, 0.3) is 0 Å². The zero-order valence-corrected chi connectivity index (χ0v) is 10.0. The fourth-order valence-corrected chi connectivity index (χ4v) is 1.91. The molecule has 0 aliphatic carbocycles. The number of benzene rings is 1. The molecule has 2 aromatic rings. The lowest BCUT2D eigenvalue weighted by Crippen LogP contribution is -2.29. The molecule has 1 aromatic carbocycles. The van der Waals surface area contributed by atoms with Gasteiger partial charge in [0.25, 0.3) is 0 Å². The molecule has 2 rings (SSSR count). The van der Waals surface area contributed by atoms with Gasteiger partial charge in [0.1, 0.15) is 0 Å². The maximum absolute atomic E-state index is 5.66. The van der Waals surface area contributed by atoms with Crippen LogP contribution in [0.3, 0.4) is 0 Å². The zero-order valence-electron chi connectivity index (χ0n) is 10.0. The molecule has 1 atom stereocenters. The first kappa shape index (κ1) is 11.7. The number of aromatic nitrogens is 2. The number of hydrazine groups is 1. The fraction of sp³-hybridized carbons (Fsp3) is 0.231. The summed E-state index contributed by atoms with van der Waals surface area (Å²) in [5.41, 5.74) is 7.43. The molecular weight excluding hydrogens is 212 g/mol. The molecule has 4 nitrogen and oxygen atoms in total. The molecule has 0 saturated carbocycles. The van der Waals surface area contributed by atoms with Gasteiger partial charge in [-0.25, -0.2) is 5.43 Å². The van der Waals surface area contributed by atoms with Gasteiger partial charge < -0.3 is 0 Å². The number of rotatable bonds is 3. The summed E-state index contributed by atoms with van der Waals surface area (Å²) in [6.45, 7) is 4.15. The lowest BCUT2D eigenvalue weighted by atomic mass is 9.95. The van der Waals surface area contributed by atoms with Crippen molar-refractivity contribution >= 4 is 0 Å². The van der Waals surface area contributed by atoms with E-state index in [1.165, 1.54) is 16.7 Å². The highest BCUT2D eigenvalue weighted by Crippen LogP contribution is 2.24. The van der Waals surface area contributed by atoms with Crippen LogP contribution >= 0.6 is 0 Å². The van der Waals surface area contributed by atoms with Gasteiger partial charge in [0.2, 0.25) is 0 Å². The van der Waals surface area contributed by atoms with E-state index in [-0.39, 0.29) is 6.04 Å². The van der Waals surface area contributed by atoms with Crippen molar-refractivity contribution in [3.05, 3.63) is 58.9 Å². The second-order valence-electron chi connectivity index (χ2n) is 4.14. The third-order valence-corrected chi connectivity index (χ3v) is 2.85. The van der Waals surface area contributed by atoms with Crippen molar-refractivity contribution in [1.82, 2.24) is 15.6 Å². The third-order valence-electron chi connectivity index (χ3n) is 2.85. The molecule has 0 aliphatic heterocycles. The van der Waals surface area contributed by atoms with E-state index in [1.54, 1.807) is 12.4 Å². The molecule has 1 heterocycles. The first-order valence-corrected chi connectivity index (χ1v) is 5.52. The summed E-state index contributed by atoms with van der Waals surface area (Å²) in [5, 5.41) is 7.66. The van der Waals surface area contributed by atoms with Crippen LogP contribution in [0.15, 0.2) is 36.7 Å². The van der Waals surface area contributed by atoms with Gasteiger partial charge in [-0.05, 0) is 36.6 Å². The summed E-state index contributed by atoms with van der Waals surface area (Å²) in [6.07, 6.45) is 3.40. The maximum atomic E-state index is 5.66. The molecule has 0 radical (unpaired) electrons. The van der Waals surface area contributed by atoms with Crippen molar-refractivity contribution in [3.8, 4) is 0 Å². The first-order chi connectivity index (χ1) is 8.22.